The Morgan fingerprint density at radius 1 is 1.19 bits per heavy atom. The van der Waals surface area contributed by atoms with Crippen molar-refractivity contribution in [3.05, 3.63) is 50.8 Å². The first kappa shape index (κ1) is 13.4. The van der Waals surface area contributed by atoms with Crippen molar-refractivity contribution in [2.45, 2.75) is 6.42 Å². The molecule has 0 aliphatic carbocycles. The van der Waals surface area contributed by atoms with Crippen LogP contribution in [0.4, 0.5) is 5.82 Å². The molecule has 0 spiro atoms. The third-order valence-electron chi connectivity index (χ3n) is 3.53. The highest BCUT2D eigenvalue weighted by Gasteiger charge is 2.24. The minimum atomic E-state index is 0.794. The minimum Gasteiger partial charge on any atom is -0.369 e. The Balaban J connectivity index is 1.88. The number of rotatable bonds is 2. The molecule has 0 unspecified atom stereocenters. The summed E-state index contributed by atoms with van der Waals surface area (Å²) in [6.45, 7) is 0.954. The molecule has 4 rings (SSSR count). The van der Waals surface area contributed by atoms with Crippen molar-refractivity contribution in [3.63, 3.8) is 0 Å². The number of aromatic nitrogens is 2. The van der Waals surface area contributed by atoms with E-state index in [4.69, 9.17) is 16.7 Å². The van der Waals surface area contributed by atoms with Gasteiger partial charge in [-0.15, -0.1) is 11.3 Å². The van der Waals surface area contributed by atoms with Crippen LogP contribution in [0.25, 0.3) is 16.3 Å². The number of anilines is 1. The lowest BCUT2D eigenvalue weighted by atomic mass is 10.2. The van der Waals surface area contributed by atoms with Crippen LogP contribution in [0.1, 0.15) is 5.56 Å². The quantitative estimate of drug-likeness (QED) is 0.679. The number of benzene rings is 1. The van der Waals surface area contributed by atoms with Crippen LogP contribution in [0.2, 0.25) is 4.34 Å². The molecule has 0 atom stereocenters. The molecule has 6 heteroatoms. The molecule has 3 nitrogen and oxygen atoms in total. The molecule has 1 aliphatic heterocycles. The van der Waals surface area contributed by atoms with Gasteiger partial charge in [0.05, 0.1) is 14.9 Å². The Labute approximate surface area is 139 Å². The van der Waals surface area contributed by atoms with Gasteiger partial charge in [0.2, 0.25) is 0 Å². The Hall–Kier alpha value is -1.30. The van der Waals surface area contributed by atoms with E-state index in [1.165, 1.54) is 5.56 Å². The van der Waals surface area contributed by atoms with Gasteiger partial charge in [0.25, 0.3) is 0 Å². The van der Waals surface area contributed by atoms with E-state index in [1.54, 1.807) is 11.3 Å². The minimum absolute atomic E-state index is 0.794. The second-order valence-electron chi connectivity index (χ2n) is 4.84. The van der Waals surface area contributed by atoms with Gasteiger partial charge in [0.1, 0.15) is 11.5 Å². The first-order chi connectivity index (χ1) is 10.2. The highest BCUT2D eigenvalue weighted by Crippen LogP contribution is 2.38. The summed E-state index contributed by atoms with van der Waals surface area (Å²) < 4.78 is 3.84. The molecule has 21 heavy (non-hydrogen) atoms. The number of nitrogens with one attached hydrogen (secondary N) is 1. The van der Waals surface area contributed by atoms with E-state index in [2.05, 4.69) is 33.4 Å². The predicted molar refractivity (Wildman–Crippen MR) is 91.8 cm³/mol. The van der Waals surface area contributed by atoms with E-state index < -0.39 is 0 Å². The summed E-state index contributed by atoms with van der Waals surface area (Å²) in [5.74, 6) is 1.09. The van der Waals surface area contributed by atoms with Crippen LogP contribution in [-0.2, 0) is 6.42 Å². The lowest BCUT2D eigenvalue weighted by Gasteiger charge is -2.06. The largest absolute Gasteiger partial charge is 0.369 e. The first-order valence-electron chi connectivity index (χ1n) is 6.60. The van der Waals surface area contributed by atoms with E-state index in [9.17, 15) is 0 Å². The van der Waals surface area contributed by atoms with E-state index in [0.29, 0.717) is 0 Å². The Kier molecular flexibility index (Phi) is 3.28. The van der Waals surface area contributed by atoms with Crippen molar-refractivity contribution >= 4 is 44.7 Å². The summed E-state index contributed by atoms with van der Waals surface area (Å²) in [5.41, 5.74) is 3.36. The van der Waals surface area contributed by atoms with Gasteiger partial charge in [-0.3, -0.25) is 0 Å². The van der Waals surface area contributed by atoms with E-state index in [0.717, 1.165) is 43.9 Å². The van der Waals surface area contributed by atoms with Gasteiger partial charge in [-0.05, 0) is 42.8 Å². The summed E-state index contributed by atoms with van der Waals surface area (Å²) in [7, 11) is 0. The molecule has 1 aromatic carbocycles. The number of fused-ring (bicyclic) bond motifs is 1. The smallest absolute Gasteiger partial charge is 0.133 e. The van der Waals surface area contributed by atoms with E-state index in [1.807, 2.05) is 28.9 Å². The first-order valence-corrected chi connectivity index (χ1v) is 8.58. The van der Waals surface area contributed by atoms with Crippen LogP contribution in [0.3, 0.4) is 0 Å². The van der Waals surface area contributed by atoms with Gasteiger partial charge < -0.3 is 5.32 Å². The van der Waals surface area contributed by atoms with Crippen LogP contribution in [0.15, 0.2) is 40.9 Å². The Morgan fingerprint density at radius 3 is 2.71 bits per heavy atom. The third kappa shape index (κ3) is 2.29. The van der Waals surface area contributed by atoms with Crippen LogP contribution in [0.5, 0.6) is 0 Å². The molecular weight excluding hydrogens is 370 g/mol. The number of hydrogen-bond acceptors (Lipinski definition) is 3. The summed E-state index contributed by atoms with van der Waals surface area (Å²) in [6.07, 6.45) is 0.997. The highest BCUT2D eigenvalue weighted by atomic mass is 79.9. The maximum atomic E-state index is 6.07. The molecule has 0 saturated heterocycles. The molecule has 3 aromatic rings. The lowest BCUT2D eigenvalue weighted by Crippen LogP contribution is -2.03. The van der Waals surface area contributed by atoms with Gasteiger partial charge in [0, 0.05) is 16.6 Å². The average Bonchev–Trinajstić information content (AvgIpc) is 3.15. The van der Waals surface area contributed by atoms with Gasteiger partial charge in [-0.2, -0.15) is 5.10 Å². The van der Waals surface area contributed by atoms with Crippen molar-refractivity contribution < 1.29 is 0 Å². The molecule has 106 valence electrons. The molecule has 1 aliphatic rings. The fourth-order valence-corrected chi connectivity index (χ4v) is 3.90. The molecule has 0 amide bonds. The predicted octanol–water partition coefficient (Wildman–Crippen LogP) is 4.98. The van der Waals surface area contributed by atoms with Crippen molar-refractivity contribution in [2.75, 3.05) is 11.9 Å². The van der Waals surface area contributed by atoms with Crippen LogP contribution in [0, 0.1) is 0 Å². The normalized spacial score (nSPS) is 13.2. The second kappa shape index (κ2) is 5.16. The van der Waals surface area contributed by atoms with Gasteiger partial charge in [0.15, 0.2) is 0 Å². The SMILES string of the molecule is Clc1ccc(-c2nn(-c3ccc(Br)cc3)c3c2CCN3)s1. The van der Waals surface area contributed by atoms with E-state index in [-0.39, 0.29) is 0 Å². The maximum absolute atomic E-state index is 6.07. The summed E-state index contributed by atoms with van der Waals surface area (Å²) in [5, 5.41) is 8.25. The average molecular weight is 381 g/mol. The molecule has 0 radical (unpaired) electrons. The number of hydrogen-bond donors (Lipinski definition) is 1. The molecule has 1 N–H and O–H groups in total. The zero-order valence-electron chi connectivity index (χ0n) is 10.9. The van der Waals surface area contributed by atoms with Gasteiger partial charge in [-0.25, -0.2) is 4.68 Å². The van der Waals surface area contributed by atoms with Gasteiger partial charge >= 0.3 is 0 Å². The Morgan fingerprint density at radius 2 is 2.00 bits per heavy atom. The van der Waals surface area contributed by atoms with E-state index >= 15 is 0 Å². The Bertz CT molecular complexity index is 807. The van der Waals surface area contributed by atoms with Crippen molar-refractivity contribution in [2.24, 2.45) is 0 Å². The van der Waals surface area contributed by atoms with Crippen LogP contribution in [-0.4, -0.2) is 16.3 Å². The molecule has 0 saturated carbocycles. The van der Waals surface area contributed by atoms with Gasteiger partial charge in [-0.1, -0.05) is 27.5 Å². The molecule has 2 aromatic heterocycles. The number of thiophene rings is 1. The zero-order chi connectivity index (χ0) is 14.4. The van der Waals surface area contributed by atoms with Crippen molar-refractivity contribution in [3.8, 4) is 16.3 Å². The molecular formula is C15H11BrClN3S. The number of halogens is 2. The number of nitrogens with zero attached hydrogens (tertiary/aromatic N) is 2. The van der Waals surface area contributed by atoms with Crippen molar-refractivity contribution in [1.29, 1.82) is 0 Å². The van der Waals surface area contributed by atoms with Crippen LogP contribution >= 0.6 is 38.9 Å². The lowest BCUT2D eigenvalue weighted by molar-refractivity contribution is 0.883. The topological polar surface area (TPSA) is 29.9 Å². The maximum Gasteiger partial charge on any atom is 0.133 e. The standard InChI is InChI=1S/C15H11BrClN3S/c16-9-1-3-10(4-2-9)20-15-11(7-8-18-15)14(19-20)12-5-6-13(17)21-12/h1-6,18H,7-8H2. The van der Waals surface area contributed by atoms with Crippen LogP contribution < -0.4 is 5.32 Å². The fraction of sp³-hybridized carbons (Fsp3) is 0.133. The third-order valence-corrected chi connectivity index (χ3v) is 5.30. The summed E-state index contributed by atoms with van der Waals surface area (Å²) in [4.78, 5) is 1.12. The second-order valence-corrected chi connectivity index (χ2v) is 7.48. The highest BCUT2D eigenvalue weighted by molar-refractivity contribution is 9.10. The van der Waals surface area contributed by atoms with Crippen molar-refractivity contribution in [1.82, 2.24) is 9.78 Å². The molecule has 0 bridgehead atoms. The summed E-state index contributed by atoms with van der Waals surface area (Å²) >= 11 is 11.1. The molecule has 0 fully saturated rings. The monoisotopic (exact) mass is 379 g/mol. The molecule has 3 heterocycles. The zero-order valence-corrected chi connectivity index (χ0v) is 14.1. The summed E-state index contributed by atoms with van der Waals surface area (Å²) in [6, 6.07) is 12.1. The fourth-order valence-electron chi connectivity index (χ4n) is 2.58.